The van der Waals surface area contributed by atoms with Crippen LogP contribution >= 0.6 is 23.1 Å². The third-order valence-corrected chi connectivity index (χ3v) is 13.1. The van der Waals surface area contributed by atoms with Crippen LogP contribution in [0, 0.1) is 0 Å². The number of nitrogens with one attached hydrogen (secondary N) is 2. The molecule has 1 saturated heterocycles. The molecule has 0 radical (unpaired) electrons. The number of pyridine rings is 1. The van der Waals surface area contributed by atoms with Crippen LogP contribution in [0.2, 0.25) is 0 Å². The number of nitrogens with zero attached hydrogens (tertiary/aromatic N) is 4. The molecule has 4 heterocycles. The van der Waals surface area contributed by atoms with Crippen molar-refractivity contribution in [2.75, 3.05) is 31.9 Å². The number of β-lactam (4-membered cyclic amide) rings is 1. The molecule has 0 bridgehead atoms. The van der Waals surface area contributed by atoms with Crippen LogP contribution in [0.4, 0.5) is 5.13 Å². The summed E-state index contributed by atoms with van der Waals surface area (Å²) in [7, 11) is 2.96. The van der Waals surface area contributed by atoms with E-state index in [0.717, 1.165) is 27.2 Å². The van der Waals surface area contributed by atoms with Crippen molar-refractivity contribution in [2.45, 2.75) is 37.1 Å². The number of carboxylic acids is 1. The highest BCUT2D eigenvalue weighted by atomic mass is 32.2. The Morgan fingerprint density at radius 1 is 0.868 bits per heavy atom. The maximum atomic E-state index is 14.4. The summed E-state index contributed by atoms with van der Waals surface area (Å²) in [6.45, 7) is 0.630. The second-order valence-corrected chi connectivity index (χ2v) is 17.2. The second-order valence-electron chi connectivity index (χ2n) is 15.3. The second kappa shape index (κ2) is 20.7. The van der Waals surface area contributed by atoms with E-state index in [1.807, 2.05) is 103 Å². The summed E-state index contributed by atoms with van der Waals surface area (Å²) in [5, 5.41) is 22.0. The Kier molecular flexibility index (Phi) is 14.2. The van der Waals surface area contributed by atoms with E-state index >= 15 is 0 Å². The molecule has 68 heavy (non-hydrogen) atoms. The van der Waals surface area contributed by atoms with Gasteiger partial charge < -0.3 is 39.6 Å². The van der Waals surface area contributed by atoms with Gasteiger partial charge in [0.1, 0.15) is 60.1 Å². The number of benzene rings is 4. The maximum absolute atomic E-state index is 14.4. The Hall–Kier alpha value is -7.90. The van der Waals surface area contributed by atoms with Crippen molar-refractivity contribution in [1.82, 2.24) is 19.9 Å². The van der Waals surface area contributed by atoms with Crippen molar-refractivity contribution in [2.24, 2.45) is 5.16 Å². The zero-order chi connectivity index (χ0) is 47.8. The number of anilines is 1. The Labute approximate surface area is 397 Å². The number of aromatic nitrogens is 2. The number of hydrogen-bond donors (Lipinski definition) is 3. The van der Waals surface area contributed by atoms with Crippen molar-refractivity contribution >= 4 is 57.7 Å². The highest BCUT2D eigenvalue weighted by molar-refractivity contribution is 8.00. The minimum atomic E-state index is -1.38. The summed E-state index contributed by atoms with van der Waals surface area (Å²) >= 11 is 2.41. The Morgan fingerprint density at radius 3 is 2.07 bits per heavy atom. The molecular weight excluding hydrogens is 913 g/mol. The number of thiazole rings is 1. The van der Waals surface area contributed by atoms with E-state index in [9.17, 15) is 29.1 Å². The lowest BCUT2D eigenvalue weighted by atomic mass is 9.77. The van der Waals surface area contributed by atoms with Crippen molar-refractivity contribution in [3.8, 4) is 11.5 Å². The zero-order valence-electron chi connectivity index (χ0n) is 36.8. The van der Waals surface area contributed by atoms with Gasteiger partial charge in [0, 0.05) is 29.7 Å². The van der Waals surface area contributed by atoms with Gasteiger partial charge in [0.25, 0.3) is 11.8 Å². The molecule has 2 amide bonds. The minimum Gasteiger partial charge on any atom is -0.497 e. The fourth-order valence-corrected chi connectivity index (χ4v) is 9.82. The van der Waals surface area contributed by atoms with Crippen LogP contribution in [0.25, 0.3) is 0 Å². The van der Waals surface area contributed by atoms with E-state index in [1.54, 1.807) is 24.6 Å². The molecule has 8 rings (SSSR count). The van der Waals surface area contributed by atoms with E-state index in [0.29, 0.717) is 10.9 Å². The highest BCUT2D eigenvalue weighted by Gasteiger charge is 2.54. The molecule has 0 unspecified atom stereocenters. The van der Waals surface area contributed by atoms with Crippen molar-refractivity contribution in [1.29, 1.82) is 0 Å². The van der Waals surface area contributed by atoms with Crippen LogP contribution in [0.1, 0.15) is 40.6 Å². The number of rotatable bonds is 19. The summed E-state index contributed by atoms with van der Waals surface area (Å²) in [5.41, 5.74) is 2.02. The van der Waals surface area contributed by atoms with Crippen LogP contribution in [-0.2, 0) is 47.5 Å². The molecule has 0 saturated carbocycles. The Morgan fingerprint density at radius 2 is 1.50 bits per heavy atom. The highest BCUT2D eigenvalue weighted by Crippen LogP contribution is 2.42. The molecule has 348 valence electrons. The standard InChI is InChI=1S/C49H44N6O11S2/c1-30(56)64-26-32-28-67-46-42(45(59)55(46)43(32)47(60)61)51-44(58)41(53-66-27-36-23-39(57)40(24-54(36)63-3)65-25-31-19-21-37(62-2)22-20-31)38-29-68-48(50-38)52-49(33-13-7-4-8-14-33,34-15-9-5-10-16-34)35-17-11-6-12-18-35/h4-24,29,42,46H,25-28H2,1-3H3,(H,50,52)(H,51,58)(H,60,61)/b53-41-/t42-,46-/m1/s1. The van der Waals surface area contributed by atoms with Crippen molar-refractivity contribution in [3.05, 3.63) is 188 Å². The minimum absolute atomic E-state index is 0.00858. The van der Waals surface area contributed by atoms with E-state index in [4.69, 9.17) is 28.9 Å². The lowest BCUT2D eigenvalue weighted by molar-refractivity contribution is -0.150. The third-order valence-electron chi connectivity index (χ3n) is 11.0. The molecule has 1 fully saturated rings. The van der Waals surface area contributed by atoms with Gasteiger partial charge in [-0.2, -0.15) is 4.73 Å². The monoisotopic (exact) mass is 956 g/mol. The first kappa shape index (κ1) is 46.6. The van der Waals surface area contributed by atoms with Crippen molar-refractivity contribution in [3.63, 3.8) is 0 Å². The van der Waals surface area contributed by atoms with Crippen LogP contribution in [-0.4, -0.2) is 87.2 Å². The number of fused-ring (bicyclic) bond motifs is 1. The number of oxime groups is 1. The largest absolute Gasteiger partial charge is 0.497 e. The van der Waals surface area contributed by atoms with Gasteiger partial charge in [0.15, 0.2) is 23.2 Å². The molecular formula is C49H44N6O11S2. The van der Waals surface area contributed by atoms with Gasteiger partial charge in [-0.1, -0.05) is 108 Å². The van der Waals surface area contributed by atoms with Gasteiger partial charge >= 0.3 is 11.9 Å². The lowest BCUT2D eigenvalue weighted by Gasteiger charge is -2.49. The van der Waals surface area contributed by atoms with Gasteiger partial charge in [-0.3, -0.25) is 24.1 Å². The summed E-state index contributed by atoms with van der Waals surface area (Å²) in [6.07, 6.45) is 1.37. The Balaban J connectivity index is 1.10. The molecule has 17 nitrogen and oxygen atoms in total. The summed E-state index contributed by atoms with van der Waals surface area (Å²) in [5.74, 6) is -2.71. The fraction of sp³-hybridized carbons (Fsp3) is 0.204. The number of ether oxygens (including phenoxy) is 3. The van der Waals surface area contributed by atoms with Gasteiger partial charge in [0.2, 0.25) is 5.43 Å². The number of aliphatic carboxylic acids is 1. The first-order valence-electron chi connectivity index (χ1n) is 21.0. The number of thioether (sulfide) groups is 1. The maximum Gasteiger partial charge on any atom is 0.352 e. The summed E-state index contributed by atoms with van der Waals surface area (Å²) < 4.78 is 17.4. The average Bonchev–Trinajstić information content (AvgIpc) is 3.83. The van der Waals surface area contributed by atoms with E-state index in [-0.39, 0.29) is 59.7 Å². The average molecular weight is 957 g/mol. The van der Waals surface area contributed by atoms with E-state index in [1.165, 1.54) is 54.1 Å². The molecule has 19 heteroatoms. The number of hydrogen-bond acceptors (Lipinski definition) is 15. The number of carbonyl (C=O) groups excluding carboxylic acids is 3. The quantitative estimate of drug-likeness (QED) is 0.0298. The first-order chi connectivity index (χ1) is 33.0. The first-order valence-corrected chi connectivity index (χ1v) is 22.9. The van der Waals surface area contributed by atoms with Crippen LogP contribution in [0.5, 0.6) is 11.5 Å². The number of esters is 1. The zero-order valence-corrected chi connectivity index (χ0v) is 38.5. The molecule has 2 aliphatic heterocycles. The summed E-state index contributed by atoms with van der Waals surface area (Å²) in [6, 6.07) is 36.9. The molecule has 6 aromatic rings. The molecule has 3 N–H and O–H groups in total. The topological polar surface area (TPSA) is 209 Å². The van der Waals surface area contributed by atoms with Gasteiger partial charge in [0.05, 0.1) is 13.3 Å². The van der Waals surface area contributed by atoms with Crippen LogP contribution in [0.15, 0.2) is 154 Å². The SMILES string of the molecule is COc1ccc(COc2cn(OC)c(CO/N=C(\C(=O)N[C@@H]3C(=O)N4C(C(=O)O)=C(COC(C)=O)CS[C@H]34)c3csc(NC(c4ccccc4)(c4ccccc4)c4ccccc4)n3)cc2=O)cc1. The van der Waals surface area contributed by atoms with Gasteiger partial charge in [-0.25, -0.2) is 9.78 Å². The van der Waals surface area contributed by atoms with Gasteiger partial charge in [-0.05, 0) is 34.4 Å². The molecule has 0 aliphatic carbocycles. The molecule has 4 aromatic carbocycles. The normalized spacial score (nSPS) is 15.7. The lowest BCUT2D eigenvalue weighted by Crippen LogP contribution is -2.71. The van der Waals surface area contributed by atoms with E-state index in [2.05, 4.69) is 15.8 Å². The van der Waals surface area contributed by atoms with Crippen LogP contribution < -0.4 is 30.4 Å². The van der Waals surface area contributed by atoms with Crippen LogP contribution in [0.3, 0.4) is 0 Å². The Bertz CT molecular complexity index is 2830. The van der Waals surface area contributed by atoms with Crippen molar-refractivity contribution < 1.29 is 48.2 Å². The third kappa shape index (κ3) is 9.79. The number of carbonyl (C=O) groups is 4. The molecule has 2 aliphatic rings. The molecule has 2 aromatic heterocycles. The number of carboxylic acid groups (broad SMARTS) is 1. The number of methoxy groups -OCH3 is 1. The smallest absolute Gasteiger partial charge is 0.352 e. The molecule has 2 atom stereocenters. The molecule has 0 spiro atoms. The number of amides is 2. The van der Waals surface area contributed by atoms with E-state index < -0.39 is 46.1 Å². The fourth-order valence-electron chi connectivity index (χ4n) is 7.75. The predicted molar refractivity (Wildman–Crippen MR) is 253 cm³/mol. The summed E-state index contributed by atoms with van der Waals surface area (Å²) in [4.78, 5) is 82.5. The van der Waals surface area contributed by atoms with Gasteiger partial charge in [-0.15, -0.1) is 23.1 Å². The predicted octanol–water partition coefficient (Wildman–Crippen LogP) is 5.58.